The number of halogens is 2. The van der Waals surface area contributed by atoms with Crippen molar-refractivity contribution in [2.45, 2.75) is 19.1 Å². The highest BCUT2D eigenvalue weighted by atomic mass is 19.1. The van der Waals surface area contributed by atoms with Gasteiger partial charge in [0.25, 0.3) is 0 Å². The quantitative estimate of drug-likeness (QED) is 0.786. The number of ether oxygens (including phenoxy) is 1. The monoisotopic (exact) mass is 320 g/mol. The predicted molar refractivity (Wildman–Crippen MR) is 85.1 cm³/mol. The molecule has 2 N–H and O–H groups in total. The molecule has 0 unspecified atom stereocenters. The minimum atomic E-state index is -0.702. The van der Waals surface area contributed by atoms with Crippen LogP contribution in [-0.4, -0.2) is 24.9 Å². The van der Waals surface area contributed by atoms with Gasteiger partial charge in [-0.15, -0.1) is 0 Å². The number of hydrogen-bond acceptors (Lipinski definition) is 3. The van der Waals surface area contributed by atoms with Gasteiger partial charge in [-0.25, -0.2) is 8.78 Å². The van der Waals surface area contributed by atoms with Crippen LogP contribution in [0.3, 0.4) is 0 Å². The van der Waals surface area contributed by atoms with Gasteiger partial charge >= 0.3 is 0 Å². The number of aliphatic hydroxyl groups is 1. The van der Waals surface area contributed by atoms with E-state index in [0.29, 0.717) is 25.1 Å². The minimum Gasteiger partial charge on any atom is -0.497 e. The zero-order chi connectivity index (χ0) is 16.7. The maximum absolute atomic E-state index is 13.1. The third-order valence-electron chi connectivity index (χ3n) is 3.36. The molecule has 0 bridgehead atoms. The second-order valence-electron chi connectivity index (χ2n) is 5.27. The van der Waals surface area contributed by atoms with E-state index in [1.54, 1.807) is 13.5 Å². The molecule has 1 radical (unpaired) electrons. The maximum Gasteiger partial charge on any atom is 0.126 e. The first-order chi connectivity index (χ1) is 11.1. The molecule has 123 valence electrons. The molecular weight excluding hydrogens is 300 g/mol. The van der Waals surface area contributed by atoms with Gasteiger partial charge in [-0.3, -0.25) is 0 Å². The van der Waals surface area contributed by atoms with Crippen molar-refractivity contribution in [3.63, 3.8) is 0 Å². The van der Waals surface area contributed by atoms with Gasteiger partial charge in [0.15, 0.2) is 0 Å². The molecule has 0 aliphatic heterocycles. The highest BCUT2D eigenvalue weighted by Gasteiger charge is 2.07. The summed E-state index contributed by atoms with van der Waals surface area (Å²) < 4.78 is 31.3. The molecule has 0 amide bonds. The topological polar surface area (TPSA) is 41.5 Å². The van der Waals surface area contributed by atoms with E-state index in [1.165, 1.54) is 12.1 Å². The largest absolute Gasteiger partial charge is 0.497 e. The van der Waals surface area contributed by atoms with E-state index in [2.05, 4.69) is 5.32 Å². The van der Waals surface area contributed by atoms with E-state index in [4.69, 9.17) is 4.74 Å². The van der Waals surface area contributed by atoms with Crippen LogP contribution in [0, 0.1) is 18.1 Å². The molecule has 0 heterocycles. The first-order valence-corrected chi connectivity index (χ1v) is 7.37. The van der Waals surface area contributed by atoms with Crippen LogP contribution in [0.5, 0.6) is 5.75 Å². The molecule has 2 rings (SSSR count). The fraction of sp³-hybridized carbons (Fsp3) is 0.278. The van der Waals surface area contributed by atoms with Crippen LogP contribution in [0.4, 0.5) is 8.78 Å². The van der Waals surface area contributed by atoms with E-state index >= 15 is 0 Å². The smallest absolute Gasteiger partial charge is 0.126 e. The van der Waals surface area contributed by atoms with E-state index in [-0.39, 0.29) is 0 Å². The van der Waals surface area contributed by atoms with Gasteiger partial charge in [-0.1, -0.05) is 12.1 Å². The number of aliphatic hydroxyl groups excluding tert-OH is 1. The summed E-state index contributed by atoms with van der Waals surface area (Å²) in [5.74, 6) is -0.442. The van der Waals surface area contributed by atoms with Crippen LogP contribution >= 0.6 is 0 Å². The summed E-state index contributed by atoms with van der Waals surface area (Å²) in [5, 5.41) is 13.0. The van der Waals surface area contributed by atoms with Crippen LogP contribution < -0.4 is 10.1 Å². The van der Waals surface area contributed by atoms with E-state index in [9.17, 15) is 13.9 Å². The average molecular weight is 320 g/mol. The fourth-order valence-electron chi connectivity index (χ4n) is 2.23. The molecular formula is C18H20F2NO2. The van der Waals surface area contributed by atoms with Crippen molar-refractivity contribution in [1.29, 1.82) is 0 Å². The average Bonchev–Trinajstić information content (AvgIpc) is 2.52. The molecule has 0 saturated carbocycles. The lowest BCUT2D eigenvalue weighted by molar-refractivity contribution is 0.200. The Morgan fingerprint density at radius 2 is 1.87 bits per heavy atom. The number of nitrogens with one attached hydrogen (secondary N) is 1. The van der Waals surface area contributed by atoms with Gasteiger partial charge in [0.1, 0.15) is 17.4 Å². The number of methoxy groups -OCH3 is 1. The van der Waals surface area contributed by atoms with Crippen molar-refractivity contribution in [2.24, 2.45) is 0 Å². The summed E-state index contributed by atoms with van der Waals surface area (Å²) in [6.45, 7) is 0.950. The Bertz CT molecular complexity index is 614. The minimum absolute atomic E-state index is 0.302. The van der Waals surface area contributed by atoms with Crippen molar-refractivity contribution < 1.29 is 18.6 Å². The summed E-state index contributed by atoms with van der Waals surface area (Å²) in [6.07, 6.45) is 1.22. The molecule has 0 aliphatic carbocycles. The Kier molecular flexibility index (Phi) is 6.50. The van der Waals surface area contributed by atoms with Crippen LogP contribution in [-0.2, 0) is 13.0 Å². The zero-order valence-electron chi connectivity index (χ0n) is 12.9. The van der Waals surface area contributed by atoms with Crippen molar-refractivity contribution >= 4 is 0 Å². The van der Waals surface area contributed by atoms with E-state index in [1.807, 2.05) is 24.3 Å². The molecule has 3 nitrogen and oxygen atoms in total. The Morgan fingerprint density at radius 3 is 2.57 bits per heavy atom. The summed E-state index contributed by atoms with van der Waals surface area (Å²) in [7, 11) is 1.61. The standard InChI is InChI=1S/C18H20F2NO2/c1-23-18-4-2-3-14(9-18)11-21-12-17(22)6-5-13-7-15(19)10-16(20)8-13/h2-4,6-10,17,21-22H,5,11-12H2,1H3/t17-/m1/s1. The molecule has 0 aromatic heterocycles. The number of rotatable bonds is 8. The number of benzene rings is 2. The predicted octanol–water partition coefficient (Wildman–Crippen LogP) is 2.87. The third kappa shape index (κ3) is 5.96. The van der Waals surface area contributed by atoms with E-state index < -0.39 is 17.7 Å². The van der Waals surface area contributed by atoms with Crippen molar-refractivity contribution in [3.05, 3.63) is 71.6 Å². The van der Waals surface area contributed by atoms with Gasteiger partial charge < -0.3 is 15.2 Å². The molecule has 0 saturated heterocycles. The van der Waals surface area contributed by atoms with Gasteiger partial charge in [-0.05, 0) is 48.2 Å². The third-order valence-corrected chi connectivity index (χ3v) is 3.36. The van der Waals surface area contributed by atoms with Crippen molar-refractivity contribution in [1.82, 2.24) is 5.32 Å². The molecule has 0 aliphatic rings. The summed E-state index contributed by atoms with van der Waals surface area (Å²) in [4.78, 5) is 0. The molecule has 5 heteroatoms. The number of hydrogen-bond donors (Lipinski definition) is 2. The van der Waals surface area contributed by atoms with Crippen LogP contribution in [0.2, 0.25) is 0 Å². The van der Waals surface area contributed by atoms with Gasteiger partial charge in [-0.2, -0.15) is 0 Å². The summed E-state index contributed by atoms with van der Waals surface area (Å²) >= 11 is 0. The van der Waals surface area contributed by atoms with Crippen LogP contribution in [0.1, 0.15) is 11.1 Å². The van der Waals surface area contributed by atoms with Crippen LogP contribution in [0.25, 0.3) is 0 Å². The molecule has 23 heavy (non-hydrogen) atoms. The van der Waals surface area contributed by atoms with Gasteiger partial charge in [0.2, 0.25) is 0 Å². The Balaban J connectivity index is 1.73. The maximum atomic E-state index is 13.1. The second kappa shape index (κ2) is 8.60. The first-order valence-electron chi connectivity index (χ1n) is 7.37. The zero-order valence-corrected chi connectivity index (χ0v) is 12.9. The lowest BCUT2D eigenvalue weighted by atomic mass is 10.1. The molecule has 0 spiro atoms. The lowest BCUT2D eigenvalue weighted by Gasteiger charge is -2.12. The Labute approximate surface area is 134 Å². The van der Waals surface area contributed by atoms with Crippen molar-refractivity contribution in [2.75, 3.05) is 13.7 Å². The molecule has 2 aromatic rings. The highest BCUT2D eigenvalue weighted by molar-refractivity contribution is 5.28. The summed E-state index contributed by atoms with van der Waals surface area (Å²) in [5.41, 5.74) is 1.54. The molecule has 2 aromatic carbocycles. The van der Waals surface area contributed by atoms with Crippen molar-refractivity contribution in [3.8, 4) is 5.75 Å². The fourth-order valence-corrected chi connectivity index (χ4v) is 2.23. The Morgan fingerprint density at radius 1 is 1.13 bits per heavy atom. The SMILES string of the molecule is COc1cccc(CNC[C@H](O)[CH]Cc2cc(F)cc(F)c2)c1. The van der Waals surface area contributed by atoms with Gasteiger partial charge in [0, 0.05) is 19.2 Å². The van der Waals surface area contributed by atoms with Gasteiger partial charge in [0.05, 0.1) is 13.2 Å². The first kappa shape index (κ1) is 17.4. The Hall–Kier alpha value is -1.98. The highest BCUT2D eigenvalue weighted by Crippen LogP contribution is 2.13. The lowest BCUT2D eigenvalue weighted by Crippen LogP contribution is -2.27. The summed E-state index contributed by atoms with van der Waals surface area (Å²) in [6, 6.07) is 11.0. The van der Waals surface area contributed by atoms with Crippen LogP contribution in [0.15, 0.2) is 42.5 Å². The normalized spacial score (nSPS) is 12.2. The second-order valence-corrected chi connectivity index (χ2v) is 5.27. The molecule has 0 fully saturated rings. The van der Waals surface area contributed by atoms with E-state index in [0.717, 1.165) is 17.4 Å². The molecule has 1 atom stereocenters.